The van der Waals surface area contributed by atoms with E-state index in [1.165, 1.54) is 0 Å². The summed E-state index contributed by atoms with van der Waals surface area (Å²) < 4.78 is 0. The van der Waals surface area contributed by atoms with Gasteiger partial charge in [-0.05, 0) is 0 Å². The van der Waals surface area contributed by atoms with Gasteiger partial charge in [-0.15, -0.1) is 0 Å². The SMILES string of the molecule is N.N.N.N.[Cl][Pd-2]([Cl])([Cl])[Cl].[Pd+2]. The molecule has 0 aliphatic carbocycles. The summed E-state index contributed by atoms with van der Waals surface area (Å²) in [5, 5.41) is 0. The Balaban J connectivity index is -0.00000000800. The maximum absolute atomic E-state index is 4.98. The first kappa shape index (κ1) is 39.5. The van der Waals surface area contributed by atoms with Crippen LogP contribution in [0.1, 0.15) is 0 Å². The Morgan fingerprint density at radius 1 is 0.600 bits per heavy atom. The van der Waals surface area contributed by atoms with Gasteiger partial charge in [0.05, 0.1) is 0 Å². The van der Waals surface area contributed by atoms with E-state index in [1.807, 2.05) is 0 Å². The Morgan fingerprint density at radius 3 is 0.600 bits per heavy atom. The van der Waals surface area contributed by atoms with Gasteiger partial charge in [-0.2, -0.15) is 0 Å². The van der Waals surface area contributed by atoms with Crippen molar-refractivity contribution in [1.82, 2.24) is 24.6 Å². The van der Waals surface area contributed by atoms with Crippen molar-refractivity contribution >= 4 is 38.1 Å². The fourth-order valence-electron chi connectivity index (χ4n) is 0. The molecule has 0 aliphatic rings. The quantitative estimate of drug-likeness (QED) is 0.444. The van der Waals surface area contributed by atoms with Crippen molar-refractivity contribution < 1.29 is 31.9 Å². The molecule has 4 nitrogen and oxygen atoms in total. The summed E-state index contributed by atoms with van der Waals surface area (Å²) >= 11 is -2.81. The first-order chi connectivity index (χ1) is 2.00. The van der Waals surface area contributed by atoms with Gasteiger partial charge in [0.15, 0.2) is 0 Å². The van der Waals surface area contributed by atoms with Crippen molar-refractivity contribution in [1.29, 1.82) is 0 Å². The smallest absolute Gasteiger partial charge is 2.00 e. The summed E-state index contributed by atoms with van der Waals surface area (Å²) in [6.07, 6.45) is 0. The summed E-state index contributed by atoms with van der Waals surface area (Å²) in [5.74, 6) is 0. The third-order valence-electron chi connectivity index (χ3n) is 0. The van der Waals surface area contributed by atoms with Gasteiger partial charge in [-0.1, -0.05) is 0 Å². The van der Waals surface area contributed by atoms with E-state index in [0.29, 0.717) is 0 Å². The standard InChI is InChI=1S/4ClH.4H3N.2Pd/h4*1H;4*1H3;;/q;;;;;;;;2*+2/p-4. The summed E-state index contributed by atoms with van der Waals surface area (Å²) in [7, 11) is 19.9. The fourth-order valence-corrected chi connectivity index (χ4v) is 0. The Bertz CT molecular complexity index is 30.7. The molecule has 0 saturated carbocycles. The average molecular weight is 423 g/mol. The molecular formula is H12Cl4N4Pd2. The summed E-state index contributed by atoms with van der Waals surface area (Å²) in [4.78, 5) is 0. The van der Waals surface area contributed by atoms with Crippen LogP contribution in [0.3, 0.4) is 0 Å². The van der Waals surface area contributed by atoms with Crippen molar-refractivity contribution in [2.24, 2.45) is 0 Å². The van der Waals surface area contributed by atoms with Crippen molar-refractivity contribution in [3.63, 3.8) is 0 Å². The van der Waals surface area contributed by atoms with Crippen molar-refractivity contribution in [3.8, 4) is 0 Å². The van der Waals surface area contributed by atoms with Gasteiger partial charge in [0.2, 0.25) is 0 Å². The molecule has 0 radical (unpaired) electrons. The number of rotatable bonds is 0. The topological polar surface area (TPSA) is 140 Å². The van der Waals surface area contributed by atoms with Crippen LogP contribution in [0, 0.1) is 0 Å². The minimum absolute atomic E-state index is 0. The molecule has 0 bridgehead atoms. The van der Waals surface area contributed by atoms with E-state index in [1.54, 1.807) is 0 Å². The third kappa shape index (κ3) is 166. The molecule has 0 atom stereocenters. The molecule has 12 N–H and O–H groups in total. The first-order valence-electron chi connectivity index (χ1n) is 0.478. The van der Waals surface area contributed by atoms with Gasteiger partial charge in [0.25, 0.3) is 0 Å². The van der Waals surface area contributed by atoms with Gasteiger partial charge in [0, 0.05) is 0 Å². The largest absolute Gasteiger partial charge is 2.00 e. The van der Waals surface area contributed by atoms with E-state index >= 15 is 0 Å². The molecule has 0 aliphatic heterocycles. The second-order valence-electron chi connectivity index (χ2n) is 0.271. The number of halogens is 4. The van der Waals surface area contributed by atoms with E-state index in [0.717, 1.165) is 0 Å². The van der Waals surface area contributed by atoms with E-state index in [9.17, 15) is 0 Å². The summed E-state index contributed by atoms with van der Waals surface area (Å²) in [6, 6.07) is 0. The van der Waals surface area contributed by atoms with Crippen LogP contribution >= 0.6 is 38.1 Å². The normalized spacial score (nSPS) is 7.60. The Hall–Kier alpha value is 2.32. The molecule has 0 unspecified atom stereocenters. The zero-order valence-corrected chi connectivity index (χ0v) is 11.1. The molecular weight excluding hydrogens is 411 g/mol. The third-order valence-corrected chi connectivity index (χ3v) is 0. The van der Waals surface area contributed by atoms with Crippen LogP contribution in [-0.2, 0) is 31.9 Å². The summed E-state index contributed by atoms with van der Waals surface area (Å²) in [5.41, 5.74) is 0. The van der Waals surface area contributed by atoms with Gasteiger partial charge in [-0.25, -0.2) is 0 Å². The predicted octanol–water partition coefficient (Wildman–Crippen LogP) is 3.40. The minimum atomic E-state index is -2.81. The van der Waals surface area contributed by atoms with Crippen LogP contribution in [0.2, 0.25) is 0 Å². The molecule has 0 amide bonds. The van der Waals surface area contributed by atoms with Gasteiger partial charge < -0.3 is 24.6 Å². The van der Waals surface area contributed by atoms with Crippen molar-refractivity contribution in [2.45, 2.75) is 0 Å². The first-order valence-corrected chi connectivity index (χ1v) is 8.49. The summed E-state index contributed by atoms with van der Waals surface area (Å²) in [6.45, 7) is 0. The van der Waals surface area contributed by atoms with E-state index in [-0.39, 0.29) is 45.0 Å². The molecule has 0 aromatic carbocycles. The molecule has 10 heavy (non-hydrogen) atoms. The molecule has 0 heterocycles. The average Bonchev–Trinajstić information content (AvgIpc) is 0.722. The maximum Gasteiger partial charge on any atom is 2.00 e. The van der Waals surface area contributed by atoms with E-state index in [2.05, 4.69) is 0 Å². The Kier molecular flexibility index (Phi) is 68.8. The number of hydrogen-bond acceptors (Lipinski definition) is 4. The van der Waals surface area contributed by atoms with Crippen LogP contribution in [0.4, 0.5) is 0 Å². The predicted molar refractivity (Wildman–Crippen MR) is 43.5 cm³/mol. The second-order valence-corrected chi connectivity index (χ2v) is 14.4. The van der Waals surface area contributed by atoms with Crippen LogP contribution in [-0.4, -0.2) is 0 Å². The van der Waals surface area contributed by atoms with Crippen LogP contribution in [0.5, 0.6) is 0 Å². The molecule has 80 valence electrons. The van der Waals surface area contributed by atoms with Gasteiger partial charge in [0.1, 0.15) is 0 Å². The van der Waals surface area contributed by atoms with Crippen LogP contribution < -0.4 is 24.6 Å². The molecule has 0 spiro atoms. The Morgan fingerprint density at radius 2 is 0.600 bits per heavy atom. The van der Waals surface area contributed by atoms with Crippen LogP contribution in [0.15, 0.2) is 0 Å². The van der Waals surface area contributed by atoms with Crippen molar-refractivity contribution in [3.05, 3.63) is 0 Å². The number of hydrogen-bond donors (Lipinski definition) is 4. The molecule has 10 heteroatoms. The fraction of sp³-hybridized carbons (Fsp3) is 0. The molecule has 0 aromatic heterocycles. The van der Waals surface area contributed by atoms with Gasteiger partial charge in [-0.3, -0.25) is 0 Å². The molecule has 0 fully saturated rings. The minimum Gasteiger partial charge on any atom is 2.00 e. The molecule has 0 rings (SSSR count). The maximum atomic E-state index is 4.98. The Labute approximate surface area is 93.6 Å². The van der Waals surface area contributed by atoms with E-state index < -0.39 is 11.5 Å². The van der Waals surface area contributed by atoms with Gasteiger partial charge >= 0.3 is 70.0 Å². The molecule has 0 saturated heterocycles. The van der Waals surface area contributed by atoms with Crippen molar-refractivity contribution in [2.75, 3.05) is 0 Å². The molecule has 0 aromatic rings. The van der Waals surface area contributed by atoms with Crippen LogP contribution in [0.25, 0.3) is 0 Å². The monoisotopic (exact) mass is 420 g/mol. The zero-order valence-electron chi connectivity index (χ0n) is 4.97. The zero-order chi connectivity index (χ0) is 4.50. The van der Waals surface area contributed by atoms with E-state index in [4.69, 9.17) is 38.1 Å². The second kappa shape index (κ2) is 17.4.